The molecule has 5 heteroatoms. The Morgan fingerprint density at radius 1 is 1.54 bits per heavy atom. The van der Waals surface area contributed by atoms with Gasteiger partial charge in [0.15, 0.2) is 0 Å². The Bertz CT molecular complexity index is 258. The molecule has 0 atom stereocenters. The Kier molecular flexibility index (Phi) is 3.22. The van der Waals surface area contributed by atoms with E-state index in [4.69, 9.17) is 0 Å². The van der Waals surface area contributed by atoms with Gasteiger partial charge in [-0.25, -0.2) is 4.68 Å². The number of rotatable bonds is 4. The highest BCUT2D eigenvalue weighted by molar-refractivity contribution is 5.31. The molecule has 0 aliphatic carbocycles. The number of anilines is 1. The van der Waals surface area contributed by atoms with Crippen LogP contribution in [0.2, 0.25) is 0 Å². The van der Waals surface area contributed by atoms with Crippen molar-refractivity contribution in [2.24, 2.45) is 5.92 Å². The van der Waals surface area contributed by atoms with E-state index in [0.717, 1.165) is 6.54 Å². The number of aromatic nitrogens is 2. The second kappa shape index (κ2) is 4.20. The molecule has 0 unspecified atom stereocenters. The molecule has 0 radical (unpaired) electrons. The fourth-order valence-electron chi connectivity index (χ4n) is 0.850. The largest absolute Gasteiger partial charge is 0.368 e. The van der Waals surface area contributed by atoms with E-state index in [2.05, 4.69) is 10.4 Å². The summed E-state index contributed by atoms with van der Waals surface area (Å²) >= 11 is 0. The summed E-state index contributed by atoms with van der Waals surface area (Å²) in [4.78, 5) is 0. The first-order valence-electron chi connectivity index (χ1n) is 4.16. The van der Waals surface area contributed by atoms with Crippen LogP contribution < -0.4 is 5.32 Å². The summed E-state index contributed by atoms with van der Waals surface area (Å²) in [6, 6.07) is 1.54. The fourth-order valence-corrected chi connectivity index (χ4v) is 0.850. The number of hydrogen-bond donors (Lipinski definition) is 1. The van der Waals surface area contributed by atoms with Crippen molar-refractivity contribution in [1.82, 2.24) is 9.78 Å². The fraction of sp³-hybridized carbons (Fsp3) is 0.625. The van der Waals surface area contributed by atoms with Gasteiger partial charge in [0, 0.05) is 18.8 Å². The Hall–Kier alpha value is -1.13. The second-order valence-electron chi connectivity index (χ2n) is 3.23. The first kappa shape index (κ1) is 9.95. The highest BCUT2D eigenvalue weighted by Crippen LogP contribution is 2.11. The maximum absolute atomic E-state index is 12.1. The van der Waals surface area contributed by atoms with Crippen LogP contribution in [0.1, 0.15) is 20.4 Å². The smallest absolute Gasteiger partial charge is 0.333 e. The summed E-state index contributed by atoms with van der Waals surface area (Å²) in [5.41, 5.74) is 0. The van der Waals surface area contributed by atoms with Crippen molar-refractivity contribution in [3.8, 4) is 0 Å². The van der Waals surface area contributed by atoms with Gasteiger partial charge >= 0.3 is 6.55 Å². The molecule has 0 spiro atoms. The molecule has 0 aliphatic heterocycles. The molecular formula is C8H13F2N3. The average molecular weight is 189 g/mol. The van der Waals surface area contributed by atoms with Crippen LogP contribution in [0.25, 0.3) is 0 Å². The van der Waals surface area contributed by atoms with Gasteiger partial charge in [0.1, 0.15) is 5.82 Å². The number of nitrogens with one attached hydrogen (secondary N) is 1. The number of hydrogen-bond acceptors (Lipinski definition) is 2. The zero-order chi connectivity index (χ0) is 9.84. The van der Waals surface area contributed by atoms with E-state index >= 15 is 0 Å². The van der Waals surface area contributed by atoms with Gasteiger partial charge in [-0.2, -0.15) is 13.9 Å². The number of halogens is 2. The molecule has 0 aliphatic rings. The Labute approximate surface area is 75.7 Å². The summed E-state index contributed by atoms with van der Waals surface area (Å²) in [5.74, 6) is 0.964. The lowest BCUT2D eigenvalue weighted by Gasteiger charge is -2.05. The van der Waals surface area contributed by atoms with Gasteiger partial charge in [-0.15, -0.1) is 0 Å². The van der Waals surface area contributed by atoms with E-state index in [0.29, 0.717) is 16.4 Å². The molecule has 3 nitrogen and oxygen atoms in total. The van der Waals surface area contributed by atoms with Crippen LogP contribution in [0.4, 0.5) is 14.6 Å². The van der Waals surface area contributed by atoms with Crippen molar-refractivity contribution < 1.29 is 8.78 Å². The van der Waals surface area contributed by atoms with Crippen LogP contribution in [0.3, 0.4) is 0 Å². The summed E-state index contributed by atoms with van der Waals surface area (Å²) in [5, 5.41) is 6.59. The van der Waals surface area contributed by atoms with E-state index < -0.39 is 6.55 Å². The molecular weight excluding hydrogens is 176 g/mol. The minimum Gasteiger partial charge on any atom is -0.368 e. The van der Waals surface area contributed by atoms with Crippen molar-refractivity contribution >= 4 is 5.82 Å². The summed E-state index contributed by atoms with van der Waals surface area (Å²) < 4.78 is 24.7. The molecule has 0 saturated carbocycles. The highest BCUT2D eigenvalue weighted by atomic mass is 19.3. The average Bonchev–Trinajstić information content (AvgIpc) is 2.48. The molecule has 1 heterocycles. The lowest BCUT2D eigenvalue weighted by molar-refractivity contribution is 0.0569. The predicted octanol–water partition coefficient (Wildman–Crippen LogP) is 2.35. The van der Waals surface area contributed by atoms with Gasteiger partial charge in [-0.3, -0.25) is 0 Å². The molecule has 1 aromatic heterocycles. The van der Waals surface area contributed by atoms with Crippen molar-refractivity contribution in [1.29, 1.82) is 0 Å². The van der Waals surface area contributed by atoms with Crippen LogP contribution in [0, 0.1) is 5.92 Å². The molecule has 0 amide bonds. The van der Waals surface area contributed by atoms with E-state index in [1.165, 1.54) is 12.3 Å². The lowest BCUT2D eigenvalue weighted by Crippen LogP contribution is -2.09. The van der Waals surface area contributed by atoms with Crippen molar-refractivity contribution in [2.75, 3.05) is 11.9 Å². The SMILES string of the molecule is CC(C)CNc1ccn(C(F)F)n1. The molecule has 13 heavy (non-hydrogen) atoms. The van der Waals surface area contributed by atoms with Crippen molar-refractivity contribution in [3.63, 3.8) is 0 Å². The van der Waals surface area contributed by atoms with Crippen molar-refractivity contribution in [2.45, 2.75) is 20.4 Å². The van der Waals surface area contributed by atoms with Gasteiger partial charge in [0.05, 0.1) is 0 Å². The first-order chi connectivity index (χ1) is 6.09. The molecule has 0 aromatic carbocycles. The van der Waals surface area contributed by atoms with Gasteiger partial charge in [0.2, 0.25) is 0 Å². The van der Waals surface area contributed by atoms with Gasteiger partial charge in [0.25, 0.3) is 0 Å². The Morgan fingerprint density at radius 2 is 2.23 bits per heavy atom. The van der Waals surface area contributed by atoms with E-state index in [9.17, 15) is 8.78 Å². The van der Waals surface area contributed by atoms with E-state index in [-0.39, 0.29) is 0 Å². The highest BCUT2D eigenvalue weighted by Gasteiger charge is 2.06. The molecule has 1 N–H and O–H groups in total. The zero-order valence-corrected chi connectivity index (χ0v) is 7.67. The topological polar surface area (TPSA) is 29.9 Å². The Morgan fingerprint density at radius 3 is 2.69 bits per heavy atom. The van der Waals surface area contributed by atoms with Crippen LogP contribution >= 0.6 is 0 Å². The van der Waals surface area contributed by atoms with Crippen LogP contribution in [0.15, 0.2) is 12.3 Å². The molecule has 0 saturated heterocycles. The van der Waals surface area contributed by atoms with Gasteiger partial charge in [-0.1, -0.05) is 13.8 Å². The lowest BCUT2D eigenvalue weighted by atomic mass is 10.2. The van der Waals surface area contributed by atoms with Crippen LogP contribution in [-0.2, 0) is 0 Å². The summed E-state index contributed by atoms with van der Waals surface area (Å²) in [7, 11) is 0. The molecule has 0 bridgehead atoms. The van der Waals surface area contributed by atoms with Gasteiger partial charge in [-0.05, 0) is 5.92 Å². The monoisotopic (exact) mass is 189 g/mol. The molecule has 74 valence electrons. The summed E-state index contributed by atoms with van der Waals surface area (Å²) in [6.07, 6.45) is 1.26. The molecule has 1 rings (SSSR count). The molecule has 0 fully saturated rings. The third-order valence-electron chi connectivity index (χ3n) is 1.50. The quantitative estimate of drug-likeness (QED) is 0.787. The Balaban J connectivity index is 2.49. The minimum absolute atomic E-state index is 0.469. The number of nitrogens with zero attached hydrogens (tertiary/aromatic N) is 2. The first-order valence-corrected chi connectivity index (χ1v) is 4.16. The standard InChI is InChI=1S/C8H13F2N3/c1-6(2)5-11-7-3-4-13(12-7)8(9)10/h3-4,6,8H,5H2,1-2H3,(H,11,12). The molecule has 1 aromatic rings. The second-order valence-corrected chi connectivity index (χ2v) is 3.23. The number of alkyl halides is 2. The van der Waals surface area contributed by atoms with Gasteiger partial charge < -0.3 is 5.32 Å². The third-order valence-corrected chi connectivity index (χ3v) is 1.50. The maximum atomic E-state index is 12.1. The van der Waals surface area contributed by atoms with E-state index in [1.807, 2.05) is 13.8 Å². The van der Waals surface area contributed by atoms with E-state index in [1.54, 1.807) is 0 Å². The zero-order valence-electron chi connectivity index (χ0n) is 7.67. The normalized spacial score (nSPS) is 11.2. The van der Waals surface area contributed by atoms with Crippen molar-refractivity contribution in [3.05, 3.63) is 12.3 Å². The minimum atomic E-state index is -2.56. The van der Waals surface area contributed by atoms with Crippen LogP contribution in [-0.4, -0.2) is 16.3 Å². The maximum Gasteiger partial charge on any atom is 0.333 e. The summed E-state index contributed by atoms with van der Waals surface area (Å²) in [6.45, 7) is 2.25. The van der Waals surface area contributed by atoms with Crippen LogP contribution in [0.5, 0.6) is 0 Å². The third kappa shape index (κ3) is 3.01. The predicted molar refractivity (Wildman–Crippen MR) is 46.8 cm³/mol.